The molecule has 1 unspecified atom stereocenters. The van der Waals surface area contributed by atoms with Crippen molar-refractivity contribution in [2.75, 3.05) is 5.32 Å². The molecule has 0 radical (unpaired) electrons. The average molecular weight is 263 g/mol. The van der Waals surface area contributed by atoms with Crippen molar-refractivity contribution >= 4 is 28.2 Å². The molecule has 0 bridgehead atoms. The van der Waals surface area contributed by atoms with E-state index < -0.39 is 0 Å². The van der Waals surface area contributed by atoms with Gasteiger partial charge >= 0.3 is 0 Å². The zero-order chi connectivity index (χ0) is 13.0. The Kier molecular flexibility index (Phi) is 4.43. The number of aromatic nitrogens is 1. The summed E-state index contributed by atoms with van der Waals surface area (Å²) in [5.41, 5.74) is 2.04. The first-order valence-electron chi connectivity index (χ1n) is 6.56. The third kappa shape index (κ3) is 2.75. The Bertz CT molecular complexity index is 525. The Labute approximate surface area is 113 Å². The van der Waals surface area contributed by atoms with Crippen LogP contribution in [0.25, 0.3) is 10.9 Å². The minimum absolute atomic E-state index is 0.501. The predicted octanol–water partition coefficient (Wildman–Crippen LogP) is 4.88. The highest BCUT2D eigenvalue weighted by Gasteiger charge is 2.09. The smallest absolute Gasteiger partial charge is 0.0948 e. The minimum Gasteiger partial charge on any atom is -0.381 e. The molecule has 2 rings (SSSR count). The SMILES string of the molecule is CCCC(CC)Nc1ccc(Cl)c2cccnc12. The number of rotatable bonds is 5. The number of hydrogen-bond donors (Lipinski definition) is 1. The summed E-state index contributed by atoms with van der Waals surface area (Å²) < 4.78 is 0. The molecule has 96 valence electrons. The molecule has 1 N–H and O–H groups in total. The Morgan fingerprint density at radius 1 is 1.28 bits per heavy atom. The van der Waals surface area contributed by atoms with E-state index in [0.29, 0.717) is 6.04 Å². The first-order valence-corrected chi connectivity index (χ1v) is 6.93. The molecular formula is C15H19ClN2. The van der Waals surface area contributed by atoms with Gasteiger partial charge in [-0.25, -0.2) is 0 Å². The summed E-state index contributed by atoms with van der Waals surface area (Å²) in [6.07, 6.45) is 5.29. The summed E-state index contributed by atoms with van der Waals surface area (Å²) >= 11 is 6.19. The second-order valence-electron chi connectivity index (χ2n) is 4.53. The monoisotopic (exact) mass is 262 g/mol. The molecule has 3 heteroatoms. The van der Waals surface area contributed by atoms with E-state index in [0.717, 1.165) is 28.0 Å². The van der Waals surface area contributed by atoms with Crippen LogP contribution in [0.15, 0.2) is 30.5 Å². The lowest BCUT2D eigenvalue weighted by molar-refractivity contribution is 0.623. The molecule has 0 aliphatic rings. The van der Waals surface area contributed by atoms with Crippen molar-refractivity contribution in [1.29, 1.82) is 0 Å². The molecule has 0 spiro atoms. The summed E-state index contributed by atoms with van der Waals surface area (Å²) in [7, 11) is 0. The summed E-state index contributed by atoms with van der Waals surface area (Å²) in [6, 6.07) is 8.39. The van der Waals surface area contributed by atoms with E-state index in [2.05, 4.69) is 24.1 Å². The van der Waals surface area contributed by atoms with Gasteiger partial charge in [-0.3, -0.25) is 4.98 Å². The number of halogens is 1. The first kappa shape index (κ1) is 13.2. The third-order valence-corrected chi connectivity index (χ3v) is 3.54. The van der Waals surface area contributed by atoms with Crippen molar-refractivity contribution in [3.8, 4) is 0 Å². The lowest BCUT2D eigenvalue weighted by Gasteiger charge is -2.18. The van der Waals surface area contributed by atoms with E-state index >= 15 is 0 Å². The predicted molar refractivity (Wildman–Crippen MR) is 79.4 cm³/mol. The van der Waals surface area contributed by atoms with Gasteiger partial charge in [0.1, 0.15) is 0 Å². The maximum absolute atomic E-state index is 6.19. The number of anilines is 1. The molecule has 2 nitrogen and oxygen atoms in total. The Balaban J connectivity index is 2.36. The van der Waals surface area contributed by atoms with Crippen molar-refractivity contribution < 1.29 is 0 Å². The summed E-state index contributed by atoms with van der Waals surface area (Å²) in [5, 5.41) is 5.35. The van der Waals surface area contributed by atoms with Gasteiger partial charge in [-0.2, -0.15) is 0 Å². The number of benzene rings is 1. The van der Waals surface area contributed by atoms with Crippen LogP contribution >= 0.6 is 11.6 Å². The summed E-state index contributed by atoms with van der Waals surface area (Å²) in [4.78, 5) is 4.44. The van der Waals surface area contributed by atoms with Crippen molar-refractivity contribution in [3.05, 3.63) is 35.5 Å². The van der Waals surface area contributed by atoms with E-state index in [9.17, 15) is 0 Å². The molecule has 0 amide bonds. The molecule has 1 atom stereocenters. The molecule has 0 saturated carbocycles. The first-order chi connectivity index (χ1) is 8.76. The summed E-state index contributed by atoms with van der Waals surface area (Å²) in [6.45, 7) is 4.42. The third-order valence-electron chi connectivity index (χ3n) is 3.21. The molecular weight excluding hydrogens is 244 g/mol. The summed E-state index contributed by atoms with van der Waals surface area (Å²) in [5.74, 6) is 0. The second kappa shape index (κ2) is 6.05. The molecule has 1 heterocycles. The fraction of sp³-hybridized carbons (Fsp3) is 0.400. The van der Waals surface area contributed by atoms with Gasteiger partial charge in [0, 0.05) is 17.6 Å². The standard InChI is InChI=1S/C15H19ClN2/c1-3-6-11(4-2)18-14-9-8-13(16)12-7-5-10-17-15(12)14/h5,7-11,18H,3-4,6H2,1-2H3. The van der Waals surface area contributed by atoms with Gasteiger partial charge in [-0.1, -0.05) is 31.9 Å². The zero-order valence-corrected chi connectivity index (χ0v) is 11.7. The van der Waals surface area contributed by atoms with Crippen LogP contribution < -0.4 is 5.32 Å². The second-order valence-corrected chi connectivity index (χ2v) is 4.94. The van der Waals surface area contributed by atoms with Gasteiger partial charge in [-0.15, -0.1) is 0 Å². The lowest BCUT2D eigenvalue weighted by Crippen LogP contribution is -2.18. The fourth-order valence-corrected chi connectivity index (χ4v) is 2.42. The van der Waals surface area contributed by atoms with Crippen LogP contribution in [0, 0.1) is 0 Å². The Hall–Kier alpha value is -1.28. The fourth-order valence-electron chi connectivity index (χ4n) is 2.20. The van der Waals surface area contributed by atoms with Gasteiger partial charge in [0.15, 0.2) is 0 Å². The molecule has 1 aromatic carbocycles. The van der Waals surface area contributed by atoms with E-state index in [-0.39, 0.29) is 0 Å². The number of hydrogen-bond acceptors (Lipinski definition) is 2. The van der Waals surface area contributed by atoms with Gasteiger partial charge in [0.25, 0.3) is 0 Å². The number of pyridine rings is 1. The van der Waals surface area contributed by atoms with E-state index in [1.54, 1.807) is 0 Å². The number of nitrogens with one attached hydrogen (secondary N) is 1. The molecule has 18 heavy (non-hydrogen) atoms. The van der Waals surface area contributed by atoms with Gasteiger partial charge in [-0.05, 0) is 37.1 Å². The maximum atomic E-state index is 6.19. The number of fused-ring (bicyclic) bond motifs is 1. The molecule has 0 saturated heterocycles. The quantitative estimate of drug-likeness (QED) is 0.831. The van der Waals surface area contributed by atoms with Crippen molar-refractivity contribution in [1.82, 2.24) is 4.98 Å². The minimum atomic E-state index is 0.501. The highest BCUT2D eigenvalue weighted by molar-refractivity contribution is 6.35. The topological polar surface area (TPSA) is 24.9 Å². The van der Waals surface area contributed by atoms with Crippen LogP contribution in [0.4, 0.5) is 5.69 Å². The van der Waals surface area contributed by atoms with Gasteiger partial charge < -0.3 is 5.32 Å². The maximum Gasteiger partial charge on any atom is 0.0948 e. The van der Waals surface area contributed by atoms with Crippen LogP contribution in [0.5, 0.6) is 0 Å². The van der Waals surface area contributed by atoms with Gasteiger partial charge in [0.05, 0.1) is 16.2 Å². The molecule has 0 aliphatic carbocycles. The molecule has 1 aromatic heterocycles. The van der Waals surface area contributed by atoms with Gasteiger partial charge in [0.2, 0.25) is 0 Å². The largest absolute Gasteiger partial charge is 0.381 e. The van der Waals surface area contributed by atoms with E-state index in [4.69, 9.17) is 11.6 Å². The molecule has 0 fully saturated rings. The van der Waals surface area contributed by atoms with E-state index in [1.807, 2.05) is 30.5 Å². The lowest BCUT2D eigenvalue weighted by atomic mass is 10.1. The molecule has 2 aromatic rings. The van der Waals surface area contributed by atoms with Crippen molar-refractivity contribution in [2.45, 2.75) is 39.2 Å². The van der Waals surface area contributed by atoms with Crippen LogP contribution in [0.2, 0.25) is 5.02 Å². The number of nitrogens with zero attached hydrogens (tertiary/aromatic N) is 1. The molecule has 0 aliphatic heterocycles. The van der Waals surface area contributed by atoms with Crippen LogP contribution in [-0.2, 0) is 0 Å². The highest BCUT2D eigenvalue weighted by Crippen LogP contribution is 2.28. The Morgan fingerprint density at radius 3 is 2.83 bits per heavy atom. The highest BCUT2D eigenvalue weighted by atomic mass is 35.5. The van der Waals surface area contributed by atoms with Crippen LogP contribution in [0.3, 0.4) is 0 Å². The zero-order valence-electron chi connectivity index (χ0n) is 10.9. The van der Waals surface area contributed by atoms with Crippen LogP contribution in [-0.4, -0.2) is 11.0 Å². The van der Waals surface area contributed by atoms with E-state index in [1.165, 1.54) is 12.8 Å². The van der Waals surface area contributed by atoms with Crippen molar-refractivity contribution in [2.24, 2.45) is 0 Å². The van der Waals surface area contributed by atoms with Crippen molar-refractivity contribution in [3.63, 3.8) is 0 Å². The normalized spacial score (nSPS) is 12.6. The Morgan fingerprint density at radius 2 is 2.11 bits per heavy atom. The average Bonchev–Trinajstić information content (AvgIpc) is 2.41. The van der Waals surface area contributed by atoms with Crippen LogP contribution in [0.1, 0.15) is 33.1 Å².